The lowest BCUT2D eigenvalue weighted by atomic mass is 10.1. The van der Waals surface area contributed by atoms with Crippen LogP contribution in [0.25, 0.3) is 11.4 Å². The number of imidazole rings is 1. The van der Waals surface area contributed by atoms with Crippen LogP contribution >= 0.6 is 11.6 Å². The number of benzene rings is 1. The molecular formula is C12H10ClN3. The highest BCUT2D eigenvalue weighted by atomic mass is 35.5. The number of halogens is 1. The molecule has 2 aromatic rings. The SMILES string of the molecule is Cc1cccc(-c2nc(Cl)c(CC#N)[nH]2)c1. The Morgan fingerprint density at radius 3 is 3.00 bits per heavy atom. The number of aryl methyl sites for hydroxylation is 1. The minimum atomic E-state index is 0.248. The van der Waals surface area contributed by atoms with E-state index in [2.05, 4.69) is 9.97 Å². The van der Waals surface area contributed by atoms with Crippen LogP contribution in [0.15, 0.2) is 24.3 Å². The summed E-state index contributed by atoms with van der Waals surface area (Å²) in [6, 6.07) is 10.0. The second-order valence-corrected chi connectivity index (χ2v) is 3.92. The molecule has 0 bridgehead atoms. The normalized spacial score (nSPS) is 10.1. The second-order valence-electron chi connectivity index (χ2n) is 3.56. The van der Waals surface area contributed by atoms with Crippen molar-refractivity contribution < 1.29 is 0 Å². The van der Waals surface area contributed by atoms with Crippen LogP contribution in [-0.2, 0) is 6.42 Å². The molecule has 3 nitrogen and oxygen atoms in total. The Morgan fingerprint density at radius 1 is 1.50 bits per heavy atom. The highest BCUT2D eigenvalue weighted by molar-refractivity contribution is 6.30. The molecule has 0 aliphatic heterocycles. The molecule has 0 radical (unpaired) electrons. The number of nitrogens with zero attached hydrogens (tertiary/aromatic N) is 2. The molecule has 1 aromatic heterocycles. The van der Waals surface area contributed by atoms with Gasteiger partial charge in [-0.3, -0.25) is 0 Å². The van der Waals surface area contributed by atoms with Crippen molar-refractivity contribution in [3.05, 3.63) is 40.7 Å². The molecule has 0 aliphatic rings. The molecule has 0 amide bonds. The zero-order valence-corrected chi connectivity index (χ0v) is 9.54. The van der Waals surface area contributed by atoms with E-state index in [4.69, 9.17) is 16.9 Å². The third-order valence-corrected chi connectivity index (χ3v) is 2.59. The predicted octanol–water partition coefficient (Wildman–Crippen LogP) is 3.10. The Labute approximate surface area is 98.7 Å². The topological polar surface area (TPSA) is 52.5 Å². The van der Waals surface area contributed by atoms with E-state index in [1.54, 1.807) is 0 Å². The summed E-state index contributed by atoms with van der Waals surface area (Å²) in [7, 11) is 0. The maximum Gasteiger partial charge on any atom is 0.151 e. The van der Waals surface area contributed by atoms with Crippen LogP contribution in [0.4, 0.5) is 0 Å². The fraction of sp³-hybridized carbons (Fsp3) is 0.167. The molecule has 2 rings (SSSR count). The molecule has 0 saturated carbocycles. The monoisotopic (exact) mass is 231 g/mol. The van der Waals surface area contributed by atoms with Gasteiger partial charge in [0, 0.05) is 5.56 Å². The molecular weight excluding hydrogens is 222 g/mol. The van der Waals surface area contributed by atoms with Crippen LogP contribution in [0.5, 0.6) is 0 Å². The summed E-state index contributed by atoms with van der Waals surface area (Å²) in [5.74, 6) is 0.707. The van der Waals surface area contributed by atoms with Crippen LogP contribution in [0, 0.1) is 18.3 Å². The third kappa shape index (κ3) is 2.07. The van der Waals surface area contributed by atoms with E-state index in [1.807, 2.05) is 37.3 Å². The van der Waals surface area contributed by atoms with E-state index in [0.29, 0.717) is 16.7 Å². The maximum absolute atomic E-state index is 8.61. The van der Waals surface area contributed by atoms with Crippen molar-refractivity contribution >= 4 is 11.6 Å². The highest BCUT2D eigenvalue weighted by Crippen LogP contribution is 2.22. The first-order valence-corrected chi connectivity index (χ1v) is 5.27. The lowest BCUT2D eigenvalue weighted by Gasteiger charge is -1.97. The maximum atomic E-state index is 8.61. The quantitative estimate of drug-likeness (QED) is 0.864. The smallest absolute Gasteiger partial charge is 0.151 e. The van der Waals surface area contributed by atoms with Gasteiger partial charge in [0.15, 0.2) is 5.15 Å². The standard InChI is InChI=1S/C12H10ClN3/c1-8-3-2-4-9(7-8)12-15-10(5-6-14)11(13)16-12/h2-4,7H,5H2,1H3,(H,15,16). The Morgan fingerprint density at radius 2 is 2.31 bits per heavy atom. The molecule has 0 saturated heterocycles. The van der Waals surface area contributed by atoms with E-state index in [0.717, 1.165) is 11.1 Å². The molecule has 0 fully saturated rings. The molecule has 1 heterocycles. The van der Waals surface area contributed by atoms with Gasteiger partial charge >= 0.3 is 0 Å². The van der Waals surface area contributed by atoms with Crippen LogP contribution in [-0.4, -0.2) is 9.97 Å². The van der Waals surface area contributed by atoms with Crippen molar-refractivity contribution in [3.63, 3.8) is 0 Å². The summed E-state index contributed by atoms with van der Waals surface area (Å²) in [4.78, 5) is 7.26. The lowest BCUT2D eigenvalue weighted by Crippen LogP contribution is -1.83. The number of aromatic amines is 1. The van der Waals surface area contributed by atoms with Gasteiger partial charge in [-0.15, -0.1) is 0 Å². The average molecular weight is 232 g/mol. The fourth-order valence-corrected chi connectivity index (χ4v) is 1.71. The van der Waals surface area contributed by atoms with Crippen molar-refractivity contribution in [2.24, 2.45) is 0 Å². The van der Waals surface area contributed by atoms with Gasteiger partial charge in [0.05, 0.1) is 18.2 Å². The molecule has 4 heteroatoms. The number of nitrogens with one attached hydrogen (secondary N) is 1. The van der Waals surface area contributed by atoms with E-state index in [9.17, 15) is 0 Å². The molecule has 0 spiro atoms. The Hall–Kier alpha value is -1.79. The van der Waals surface area contributed by atoms with E-state index < -0.39 is 0 Å². The molecule has 80 valence electrons. The summed E-state index contributed by atoms with van der Waals surface area (Å²) in [5.41, 5.74) is 2.80. The van der Waals surface area contributed by atoms with Crippen LogP contribution in [0.3, 0.4) is 0 Å². The van der Waals surface area contributed by atoms with Crippen LogP contribution < -0.4 is 0 Å². The third-order valence-electron chi connectivity index (χ3n) is 2.28. The van der Waals surface area contributed by atoms with Crippen molar-refractivity contribution in [1.82, 2.24) is 9.97 Å². The zero-order chi connectivity index (χ0) is 11.5. The highest BCUT2D eigenvalue weighted by Gasteiger charge is 2.09. The Kier molecular flexibility index (Phi) is 2.93. The molecule has 0 unspecified atom stereocenters. The summed E-state index contributed by atoms with van der Waals surface area (Å²) < 4.78 is 0. The summed E-state index contributed by atoms with van der Waals surface area (Å²) in [5, 5.41) is 8.98. The Bertz CT molecular complexity index is 552. The lowest BCUT2D eigenvalue weighted by molar-refractivity contribution is 1.16. The summed E-state index contributed by atoms with van der Waals surface area (Å²) in [6.07, 6.45) is 0.248. The molecule has 16 heavy (non-hydrogen) atoms. The molecule has 1 N–H and O–H groups in total. The minimum absolute atomic E-state index is 0.248. The minimum Gasteiger partial charge on any atom is -0.340 e. The number of hydrogen-bond acceptors (Lipinski definition) is 2. The van der Waals surface area contributed by atoms with Gasteiger partial charge in [0.1, 0.15) is 5.82 Å². The van der Waals surface area contributed by atoms with E-state index in [1.165, 1.54) is 0 Å². The number of nitriles is 1. The largest absolute Gasteiger partial charge is 0.340 e. The van der Waals surface area contributed by atoms with Gasteiger partial charge in [-0.1, -0.05) is 35.4 Å². The Balaban J connectivity index is 2.42. The predicted molar refractivity (Wildman–Crippen MR) is 63.1 cm³/mol. The number of hydrogen-bond donors (Lipinski definition) is 1. The number of rotatable bonds is 2. The fourth-order valence-electron chi connectivity index (χ4n) is 1.51. The number of aromatic nitrogens is 2. The van der Waals surface area contributed by atoms with Crippen LogP contribution in [0.1, 0.15) is 11.3 Å². The second kappa shape index (κ2) is 4.38. The van der Waals surface area contributed by atoms with E-state index >= 15 is 0 Å². The van der Waals surface area contributed by atoms with Gasteiger partial charge < -0.3 is 4.98 Å². The first-order chi connectivity index (χ1) is 7.70. The zero-order valence-electron chi connectivity index (χ0n) is 8.79. The van der Waals surface area contributed by atoms with Gasteiger partial charge in [0.2, 0.25) is 0 Å². The summed E-state index contributed by atoms with van der Waals surface area (Å²) >= 11 is 5.92. The first-order valence-electron chi connectivity index (χ1n) is 4.89. The van der Waals surface area contributed by atoms with Crippen molar-refractivity contribution in [1.29, 1.82) is 5.26 Å². The van der Waals surface area contributed by atoms with Crippen molar-refractivity contribution in [2.75, 3.05) is 0 Å². The van der Waals surface area contributed by atoms with Crippen molar-refractivity contribution in [2.45, 2.75) is 13.3 Å². The molecule has 1 aromatic carbocycles. The van der Waals surface area contributed by atoms with Gasteiger partial charge in [-0.05, 0) is 13.0 Å². The van der Waals surface area contributed by atoms with Crippen molar-refractivity contribution in [3.8, 4) is 17.5 Å². The van der Waals surface area contributed by atoms with Gasteiger partial charge in [0.25, 0.3) is 0 Å². The number of H-pyrrole nitrogens is 1. The van der Waals surface area contributed by atoms with Gasteiger partial charge in [-0.25, -0.2) is 4.98 Å². The van der Waals surface area contributed by atoms with Gasteiger partial charge in [-0.2, -0.15) is 5.26 Å². The average Bonchev–Trinajstić information content (AvgIpc) is 2.61. The summed E-state index contributed by atoms with van der Waals surface area (Å²) in [6.45, 7) is 2.02. The molecule has 0 atom stereocenters. The first kappa shape index (κ1) is 10.7. The van der Waals surface area contributed by atoms with Crippen LogP contribution in [0.2, 0.25) is 5.15 Å². The van der Waals surface area contributed by atoms with E-state index in [-0.39, 0.29) is 6.42 Å². The molecule has 0 aliphatic carbocycles.